The number of hydrogen-bond donors (Lipinski definition) is 1. The third-order valence-corrected chi connectivity index (χ3v) is 4.28. The Morgan fingerprint density at radius 1 is 1.18 bits per heavy atom. The van der Waals surface area contributed by atoms with Crippen molar-refractivity contribution in [1.29, 1.82) is 0 Å². The van der Waals surface area contributed by atoms with Gasteiger partial charge in [0.15, 0.2) is 0 Å². The van der Waals surface area contributed by atoms with E-state index in [1.807, 2.05) is 11.8 Å². The first-order valence-electron chi connectivity index (χ1n) is 8.21. The van der Waals surface area contributed by atoms with E-state index in [9.17, 15) is 9.59 Å². The smallest absolute Gasteiger partial charge is 0.222 e. The first-order valence-corrected chi connectivity index (χ1v) is 8.21. The summed E-state index contributed by atoms with van der Waals surface area (Å²) >= 11 is 0. The molecule has 0 spiro atoms. The predicted octanol–water partition coefficient (Wildman–Crippen LogP) is 2.44. The van der Waals surface area contributed by atoms with E-state index >= 15 is 0 Å². The molecule has 4 nitrogen and oxygen atoms in total. The second-order valence-corrected chi connectivity index (χ2v) is 6.06. The number of nitrogens with zero attached hydrogens (tertiary/aromatic N) is 1. The lowest BCUT2D eigenvalue weighted by molar-refractivity contribution is -0.132. The third kappa shape index (κ3) is 4.86. The summed E-state index contributed by atoms with van der Waals surface area (Å²) in [6.07, 6.45) is 3.59. The van der Waals surface area contributed by atoms with E-state index in [0.717, 1.165) is 32.4 Å². The summed E-state index contributed by atoms with van der Waals surface area (Å²) < 4.78 is 0. The zero-order chi connectivity index (χ0) is 15.9. The largest absolute Gasteiger partial charge is 0.353 e. The van der Waals surface area contributed by atoms with E-state index in [2.05, 4.69) is 36.5 Å². The monoisotopic (exact) mass is 302 g/mol. The van der Waals surface area contributed by atoms with Crippen LogP contribution in [0.1, 0.15) is 43.7 Å². The number of aryl methyl sites for hydroxylation is 2. The van der Waals surface area contributed by atoms with Gasteiger partial charge < -0.3 is 10.2 Å². The molecule has 1 N–H and O–H groups in total. The number of piperidine rings is 1. The minimum atomic E-state index is 0.112. The summed E-state index contributed by atoms with van der Waals surface area (Å²) in [5, 5.41) is 3.10. The number of nitrogens with one attached hydrogen (secondary N) is 1. The summed E-state index contributed by atoms with van der Waals surface area (Å²) in [6.45, 7) is 5.47. The molecule has 1 aromatic carbocycles. The van der Waals surface area contributed by atoms with Crippen LogP contribution in [0.3, 0.4) is 0 Å². The van der Waals surface area contributed by atoms with Crippen molar-refractivity contribution in [2.75, 3.05) is 13.1 Å². The Hall–Kier alpha value is -1.84. The molecule has 22 heavy (non-hydrogen) atoms. The molecule has 1 aliphatic rings. The number of benzene rings is 1. The number of hydrogen-bond acceptors (Lipinski definition) is 2. The minimum Gasteiger partial charge on any atom is -0.353 e. The molecule has 1 aromatic rings. The van der Waals surface area contributed by atoms with Crippen LogP contribution >= 0.6 is 0 Å². The highest BCUT2D eigenvalue weighted by molar-refractivity contribution is 5.77. The minimum absolute atomic E-state index is 0.112. The number of rotatable bonds is 5. The van der Waals surface area contributed by atoms with Gasteiger partial charge in [-0.2, -0.15) is 0 Å². The van der Waals surface area contributed by atoms with Crippen molar-refractivity contribution >= 4 is 11.8 Å². The molecule has 0 saturated carbocycles. The Bertz CT molecular complexity index is 502. The lowest BCUT2D eigenvalue weighted by Crippen LogP contribution is -2.46. The van der Waals surface area contributed by atoms with Crippen molar-refractivity contribution < 1.29 is 9.59 Å². The van der Waals surface area contributed by atoms with Crippen LogP contribution in [0.2, 0.25) is 0 Å². The predicted molar refractivity (Wildman–Crippen MR) is 87.5 cm³/mol. The molecule has 0 aromatic heterocycles. The highest BCUT2D eigenvalue weighted by Gasteiger charge is 2.22. The molecule has 0 radical (unpaired) electrons. The van der Waals surface area contributed by atoms with Gasteiger partial charge in [0.2, 0.25) is 11.8 Å². The number of carbonyl (C=O) groups excluding carboxylic acids is 2. The van der Waals surface area contributed by atoms with Gasteiger partial charge in [-0.25, -0.2) is 0 Å². The van der Waals surface area contributed by atoms with Crippen molar-refractivity contribution in [1.82, 2.24) is 10.2 Å². The average Bonchev–Trinajstić information content (AvgIpc) is 2.54. The van der Waals surface area contributed by atoms with Crippen molar-refractivity contribution in [2.45, 2.75) is 52.0 Å². The van der Waals surface area contributed by atoms with Crippen LogP contribution in [0.25, 0.3) is 0 Å². The van der Waals surface area contributed by atoms with Crippen LogP contribution in [0.4, 0.5) is 0 Å². The van der Waals surface area contributed by atoms with E-state index in [4.69, 9.17) is 0 Å². The van der Waals surface area contributed by atoms with E-state index in [-0.39, 0.29) is 17.9 Å². The summed E-state index contributed by atoms with van der Waals surface area (Å²) in [6, 6.07) is 8.53. The summed E-state index contributed by atoms with van der Waals surface area (Å²) in [5.41, 5.74) is 2.44. The van der Waals surface area contributed by atoms with Crippen molar-refractivity contribution in [2.24, 2.45) is 0 Å². The van der Waals surface area contributed by atoms with Gasteiger partial charge in [0, 0.05) is 32.0 Å². The lowest BCUT2D eigenvalue weighted by Gasteiger charge is -2.32. The van der Waals surface area contributed by atoms with Crippen molar-refractivity contribution in [3.63, 3.8) is 0 Å². The quantitative estimate of drug-likeness (QED) is 0.908. The van der Waals surface area contributed by atoms with Gasteiger partial charge in [0.25, 0.3) is 0 Å². The molecule has 4 heteroatoms. The molecule has 1 saturated heterocycles. The van der Waals surface area contributed by atoms with Crippen molar-refractivity contribution in [3.05, 3.63) is 35.4 Å². The fourth-order valence-electron chi connectivity index (χ4n) is 2.81. The second-order valence-electron chi connectivity index (χ2n) is 6.06. The molecule has 0 aliphatic carbocycles. The van der Waals surface area contributed by atoms with Gasteiger partial charge in [-0.15, -0.1) is 0 Å². The Kier molecular flexibility index (Phi) is 5.99. The van der Waals surface area contributed by atoms with Gasteiger partial charge in [0.05, 0.1) is 0 Å². The molecule has 1 fully saturated rings. The van der Waals surface area contributed by atoms with E-state index < -0.39 is 0 Å². The standard InChI is InChI=1S/C18H26N2O2/c1-3-18(22)20-12-10-16(11-13-20)19-17(21)9-8-15-6-4-14(2)5-7-15/h4-7,16H,3,8-13H2,1-2H3,(H,19,21). The number of carbonyl (C=O) groups is 2. The number of likely N-dealkylation sites (tertiary alicyclic amines) is 1. The van der Waals surface area contributed by atoms with E-state index in [1.165, 1.54) is 11.1 Å². The Labute approximate surface area is 132 Å². The Balaban J connectivity index is 1.69. The Morgan fingerprint density at radius 3 is 2.41 bits per heavy atom. The van der Waals surface area contributed by atoms with Gasteiger partial charge >= 0.3 is 0 Å². The molecule has 1 aliphatic heterocycles. The van der Waals surface area contributed by atoms with Gasteiger partial charge in [-0.1, -0.05) is 36.8 Å². The highest BCUT2D eigenvalue weighted by atomic mass is 16.2. The SMILES string of the molecule is CCC(=O)N1CCC(NC(=O)CCc2ccc(C)cc2)CC1. The maximum absolute atomic E-state index is 12.0. The zero-order valence-corrected chi connectivity index (χ0v) is 13.6. The first kappa shape index (κ1) is 16.5. The molecule has 2 rings (SSSR count). The average molecular weight is 302 g/mol. The van der Waals surface area contributed by atoms with Crippen LogP contribution in [0.15, 0.2) is 24.3 Å². The van der Waals surface area contributed by atoms with Gasteiger partial charge in [-0.3, -0.25) is 9.59 Å². The van der Waals surface area contributed by atoms with Crippen LogP contribution < -0.4 is 5.32 Å². The van der Waals surface area contributed by atoms with Crippen LogP contribution in [-0.4, -0.2) is 35.8 Å². The fraction of sp³-hybridized carbons (Fsp3) is 0.556. The second kappa shape index (κ2) is 7.97. The zero-order valence-electron chi connectivity index (χ0n) is 13.6. The molecule has 0 unspecified atom stereocenters. The molecule has 0 atom stereocenters. The van der Waals surface area contributed by atoms with Crippen LogP contribution in [0.5, 0.6) is 0 Å². The molecular weight excluding hydrogens is 276 g/mol. The normalized spacial score (nSPS) is 15.6. The lowest BCUT2D eigenvalue weighted by atomic mass is 10.0. The van der Waals surface area contributed by atoms with Crippen molar-refractivity contribution in [3.8, 4) is 0 Å². The molecule has 0 bridgehead atoms. The number of amides is 2. The van der Waals surface area contributed by atoms with E-state index in [1.54, 1.807) is 0 Å². The first-order chi connectivity index (χ1) is 10.6. The Morgan fingerprint density at radius 2 is 1.82 bits per heavy atom. The fourth-order valence-corrected chi connectivity index (χ4v) is 2.81. The summed E-state index contributed by atoms with van der Waals surface area (Å²) in [4.78, 5) is 25.5. The molecule has 1 heterocycles. The van der Waals surface area contributed by atoms with Gasteiger partial charge in [-0.05, 0) is 31.7 Å². The van der Waals surface area contributed by atoms with Gasteiger partial charge in [0.1, 0.15) is 0 Å². The summed E-state index contributed by atoms with van der Waals surface area (Å²) in [5.74, 6) is 0.324. The topological polar surface area (TPSA) is 49.4 Å². The molecular formula is C18H26N2O2. The van der Waals surface area contributed by atoms with E-state index in [0.29, 0.717) is 12.8 Å². The molecule has 120 valence electrons. The summed E-state index contributed by atoms with van der Waals surface area (Å²) in [7, 11) is 0. The maximum Gasteiger partial charge on any atom is 0.222 e. The maximum atomic E-state index is 12.0. The third-order valence-electron chi connectivity index (χ3n) is 4.28. The molecule has 2 amide bonds. The highest BCUT2D eigenvalue weighted by Crippen LogP contribution is 2.12. The van der Waals surface area contributed by atoms with Crippen LogP contribution in [0, 0.1) is 6.92 Å². The van der Waals surface area contributed by atoms with Crippen LogP contribution in [-0.2, 0) is 16.0 Å².